The zero-order chi connectivity index (χ0) is 14.5. The van der Waals surface area contributed by atoms with Crippen LogP contribution < -0.4 is 0 Å². The second kappa shape index (κ2) is 11.9. The van der Waals surface area contributed by atoms with E-state index in [2.05, 4.69) is 9.47 Å². The third-order valence-electron chi connectivity index (χ3n) is 2.03. The minimum absolute atomic E-state index is 0.212. The first-order valence-corrected chi connectivity index (χ1v) is 6.13. The summed E-state index contributed by atoms with van der Waals surface area (Å²) in [6.07, 6.45) is 0.687. The molecular weight excluding hydrogens is 256 g/mol. The van der Waals surface area contributed by atoms with E-state index in [-0.39, 0.29) is 26.3 Å². The van der Waals surface area contributed by atoms with Crippen LogP contribution in [0.3, 0.4) is 0 Å². The van der Waals surface area contributed by atoms with Crippen molar-refractivity contribution in [2.75, 3.05) is 33.7 Å². The lowest BCUT2D eigenvalue weighted by molar-refractivity contribution is -0.171. The molecule has 7 nitrogen and oxygen atoms in total. The Bertz CT molecular complexity index is 254. The summed E-state index contributed by atoms with van der Waals surface area (Å²) in [6, 6.07) is 0. The van der Waals surface area contributed by atoms with E-state index in [4.69, 9.17) is 14.2 Å². The zero-order valence-corrected chi connectivity index (χ0v) is 11.7. The van der Waals surface area contributed by atoms with Crippen molar-refractivity contribution in [3.05, 3.63) is 0 Å². The highest BCUT2D eigenvalue weighted by molar-refractivity contribution is 5.71. The number of hydrogen-bond acceptors (Lipinski definition) is 7. The Hall–Kier alpha value is -1.18. The average Bonchev–Trinajstić information content (AvgIpc) is 2.38. The van der Waals surface area contributed by atoms with Crippen LogP contribution in [0, 0.1) is 0 Å². The van der Waals surface area contributed by atoms with E-state index >= 15 is 0 Å². The molecule has 0 radical (unpaired) electrons. The van der Waals surface area contributed by atoms with Crippen LogP contribution >= 0.6 is 0 Å². The minimum atomic E-state index is -0.593. The first-order chi connectivity index (χ1) is 9.10. The van der Waals surface area contributed by atoms with Crippen LogP contribution in [0.5, 0.6) is 0 Å². The molecule has 0 bridgehead atoms. The van der Waals surface area contributed by atoms with Gasteiger partial charge in [-0.1, -0.05) is 6.92 Å². The van der Waals surface area contributed by atoms with E-state index in [1.807, 2.05) is 6.92 Å². The van der Waals surface area contributed by atoms with Crippen LogP contribution in [-0.2, 0) is 33.3 Å². The predicted octanol–water partition coefficient (Wildman–Crippen LogP) is 0.856. The molecule has 0 fully saturated rings. The highest BCUT2D eigenvalue weighted by Gasteiger charge is 2.06. The molecule has 0 saturated heterocycles. The Morgan fingerprint density at radius 3 is 2.42 bits per heavy atom. The lowest BCUT2D eigenvalue weighted by Gasteiger charge is -2.10. The fourth-order valence-electron chi connectivity index (χ4n) is 0.975. The van der Waals surface area contributed by atoms with Gasteiger partial charge in [0, 0.05) is 13.5 Å². The molecular formula is C12H22O7. The smallest absolute Gasteiger partial charge is 0.334 e. The van der Waals surface area contributed by atoms with Crippen molar-refractivity contribution in [2.24, 2.45) is 0 Å². The topological polar surface area (TPSA) is 80.3 Å². The maximum Gasteiger partial charge on any atom is 0.334 e. The molecule has 0 aromatic rings. The number of carbonyl (C=O) groups excluding carboxylic acids is 2. The summed E-state index contributed by atoms with van der Waals surface area (Å²) < 4.78 is 24.3. The number of esters is 2. The molecule has 0 aliphatic rings. The standard InChI is InChI=1S/C12H22O7/c1-4-5-11(13)18-9-19-12(14)8-16-6-7-17-10(2)15-3/h10H,4-9H2,1-3H3. The van der Waals surface area contributed by atoms with Crippen molar-refractivity contribution in [1.29, 1.82) is 0 Å². The molecule has 19 heavy (non-hydrogen) atoms. The van der Waals surface area contributed by atoms with E-state index in [1.165, 1.54) is 7.11 Å². The summed E-state index contributed by atoms with van der Waals surface area (Å²) >= 11 is 0. The molecule has 0 rings (SSSR count). The predicted molar refractivity (Wildman–Crippen MR) is 65.2 cm³/mol. The second-order valence-electron chi connectivity index (χ2n) is 3.63. The van der Waals surface area contributed by atoms with Gasteiger partial charge in [-0.25, -0.2) is 4.79 Å². The quantitative estimate of drug-likeness (QED) is 0.315. The van der Waals surface area contributed by atoms with Gasteiger partial charge in [-0.2, -0.15) is 0 Å². The van der Waals surface area contributed by atoms with Gasteiger partial charge in [0.25, 0.3) is 0 Å². The Kier molecular flexibility index (Phi) is 11.1. The SMILES string of the molecule is CCCC(=O)OCOC(=O)COCCOC(C)OC. The van der Waals surface area contributed by atoms with Gasteiger partial charge in [-0.05, 0) is 13.3 Å². The van der Waals surface area contributed by atoms with Crippen molar-refractivity contribution < 1.29 is 33.3 Å². The van der Waals surface area contributed by atoms with Gasteiger partial charge >= 0.3 is 11.9 Å². The molecule has 0 spiro atoms. The Morgan fingerprint density at radius 2 is 1.79 bits per heavy atom. The molecule has 0 saturated carbocycles. The maximum absolute atomic E-state index is 11.1. The first kappa shape index (κ1) is 17.8. The Labute approximate surface area is 113 Å². The van der Waals surface area contributed by atoms with Crippen molar-refractivity contribution in [1.82, 2.24) is 0 Å². The first-order valence-electron chi connectivity index (χ1n) is 6.13. The van der Waals surface area contributed by atoms with Crippen molar-refractivity contribution >= 4 is 11.9 Å². The molecule has 0 aliphatic carbocycles. The largest absolute Gasteiger partial charge is 0.428 e. The molecule has 0 aromatic carbocycles. The van der Waals surface area contributed by atoms with E-state index < -0.39 is 11.9 Å². The van der Waals surface area contributed by atoms with Crippen LogP contribution in [0.15, 0.2) is 0 Å². The summed E-state index contributed by atoms with van der Waals surface area (Å²) in [7, 11) is 1.53. The maximum atomic E-state index is 11.1. The highest BCUT2D eigenvalue weighted by atomic mass is 16.7. The lowest BCUT2D eigenvalue weighted by Crippen LogP contribution is -2.19. The molecule has 0 aromatic heterocycles. The summed E-state index contributed by atoms with van der Waals surface area (Å²) in [5.74, 6) is -0.984. The number of rotatable bonds is 11. The van der Waals surface area contributed by atoms with Crippen LogP contribution in [0.2, 0.25) is 0 Å². The molecule has 1 unspecified atom stereocenters. The number of carbonyl (C=O) groups is 2. The van der Waals surface area contributed by atoms with Gasteiger partial charge in [0.05, 0.1) is 13.2 Å². The number of methoxy groups -OCH3 is 1. The molecule has 0 heterocycles. The van der Waals surface area contributed by atoms with Crippen molar-refractivity contribution in [3.8, 4) is 0 Å². The molecule has 1 atom stereocenters. The summed E-state index contributed by atoms with van der Waals surface area (Å²) in [4.78, 5) is 22.1. The van der Waals surface area contributed by atoms with Crippen LogP contribution in [0.1, 0.15) is 26.7 Å². The van der Waals surface area contributed by atoms with Crippen LogP contribution in [0.25, 0.3) is 0 Å². The normalized spacial score (nSPS) is 11.9. The van der Waals surface area contributed by atoms with Gasteiger partial charge in [0.2, 0.25) is 6.79 Å². The molecule has 0 amide bonds. The Balaban J connectivity index is 3.37. The van der Waals surface area contributed by atoms with Gasteiger partial charge in [-0.15, -0.1) is 0 Å². The highest BCUT2D eigenvalue weighted by Crippen LogP contribution is 1.93. The summed E-state index contributed by atoms with van der Waals surface area (Å²) in [6.45, 7) is 3.58. The third-order valence-corrected chi connectivity index (χ3v) is 2.03. The van der Waals surface area contributed by atoms with Gasteiger partial charge < -0.3 is 23.7 Å². The van der Waals surface area contributed by atoms with Gasteiger partial charge in [0.15, 0.2) is 6.29 Å². The second-order valence-corrected chi connectivity index (χ2v) is 3.63. The monoisotopic (exact) mass is 278 g/mol. The van der Waals surface area contributed by atoms with Crippen molar-refractivity contribution in [2.45, 2.75) is 33.0 Å². The molecule has 112 valence electrons. The molecule has 7 heteroatoms. The number of hydrogen-bond donors (Lipinski definition) is 0. The third kappa shape index (κ3) is 11.6. The lowest BCUT2D eigenvalue weighted by atomic mass is 10.3. The fourth-order valence-corrected chi connectivity index (χ4v) is 0.975. The van der Waals surface area contributed by atoms with Crippen molar-refractivity contribution in [3.63, 3.8) is 0 Å². The van der Waals surface area contributed by atoms with E-state index in [0.29, 0.717) is 19.4 Å². The summed E-state index contributed by atoms with van der Waals surface area (Å²) in [5.41, 5.74) is 0. The van der Waals surface area contributed by atoms with E-state index in [9.17, 15) is 9.59 Å². The summed E-state index contributed by atoms with van der Waals surface area (Å²) in [5, 5.41) is 0. The van der Waals surface area contributed by atoms with Crippen LogP contribution in [-0.4, -0.2) is 52.0 Å². The van der Waals surface area contributed by atoms with E-state index in [1.54, 1.807) is 6.92 Å². The number of ether oxygens (including phenoxy) is 5. The van der Waals surface area contributed by atoms with Crippen LogP contribution in [0.4, 0.5) is 0 Å². The minimum Gasteiger partial charge on any atom is -0.428 e. The van der Waals surface area contributed by atoms with E-state index in [0.717, 1.165) is 0 Å². The zero-order valence-electron chi connectivity index (χ0n) is 11.7. The fraction of sp³-hybridized carbons (Fsp3) is 0.833. The molecule has 0 N–H and O–H groups in total. The molecule has 0 aliphatic heterocycles. The van der Waals surface area contributed by atoms with Gasteiger partial charge in [-0.3, -0.25) is 4.79 Å². The average molecular weight is 278 g/mol. The van der Waals surface area contributed by atoms with Gasteiger partial charge in [0.1, 0.15) is 6.61 Å². The Morgan fingerprint density at radius 1 is 1.11 bits per heavy atom.